The Balaban J connectivity index is 2.13. The third kappa shape index (κ3) is 2.77. The van der Waals surface area contributed by atoms with Crippen molar-refractivity contribution in [2.24, 2.45) is 12.9 Å². The summed E-state index contributed by atoms with van der Waals surface area (Å²) in [5.74, 6) is 4.27. The molecule has 0 aliphatic heterocycles. The lowest BCUT2D eigenvalue weighted by molar-refractivity contribution is 0.0951. The fraction of sp³-hybridized carbons (Fsp3) is 0.231. The summed E-state index contributed by atoms with van der Waals surface area (Å²) in [6.07, 6.45) is 1.82. The zero-order chi connectivity index (χ0) is 14.7. The molecular weight excluding hydrogens is 261 g/mol. The van der Waals surface area contributed by atoms with E-state index in [1.54, 1.807) is 11.7 Å². The van der Waals surface area contributed by atoms with Gasteiger partial charge in [-0.25, -0.2) is 4.39 Å². The van der Waals surface area contributed by atoms with E-state index in [2.05, 4.69) is 15.8 Å². The summed E-state index contributed by atoms with van der Waals surface area (Å²) < 4.78 is 15.2. The lowest BCUT2D eigenvalue weighted by Crippen LogP contribution is -2.25. The summed E-state index contributed by atoms with van der Waals surface area (Å²) in [6, 6.07) is 4.20. The second kappa shape index (κ2) is 5.70. The first-order valence-corrected chi connectivity index (χ1v) is 6.05. The standard InChI is InChI=1S/C13H16FN5O/c1-8-9(7-19(2)18-8)6-16-13(20)10-4-3-5-11(14)12(10)17-15/h3-5,7,17H,6,15H2,1-2H3,(H,16,20). The third-order valence-electron chi connectivity index (χ3n) is 2.96. The van der Waals surface area contributed by atoms with Crippen molar-refractivity contribution in [3.63, 3.8) is 0 Å². The number of hydrogen-bond donors (Lipinski definition) is 3. The number of nitrogens with two attached hydrogens (primary N) is 1. The summed E-state index contributed by atoms with van der Waals surface area (Å²) >= 11 is 0. The maximum atomic E-state index is 13.5. The Labute approximate surface area is 115 Å². The average molecular weight is 277 g/mol. The van der Waals surface area contributed by atoms with E-state index < -0.39 is 11.7 Å². The summed E-state index contributed by atoms with van der Waals surface area (Å²) in [4.78, 5) is 12.1. The zero-order valence-corrected chi connectivity index (χ0v) is 11.3. The quantitative estimate of drug-likeness (QED) is 0.577. The van der Waals surface area contributed by atoms with Gasteiger partial charge < -0.3 is 10.7 Å². The van der Waals surface area contributed by atoms with Crippen LogP contribution in [-0.4, -0.2) is 15.7 Å². The van der Waals surface area contributed by atoms with E-state index in [0.29, 0.717) is 6.54 Å². The van der Waals surface area contributed by atoms with Crippen LogP contribution in [0.15, 0.2) is 24.4 Å². The topological polar surface area (TPSA) is 85.0 Å². The largest absolute Gasteiger partial charge is 0.348 e. The molecule has 0 aliphatic carbocycles. The predicted octanol–water partition coefficient (Wildman–Crippen LogP) is 1.08. The van der Waals surface area contributed by atoms with Gasteiger partial charge in [0.05, 0.1) is 16.9 Å². The van der Waals surface area contributed by atoms with E-state index in [0.717, 1.165) is 11.3 Å². The van der Waals surface area contributed by atoms with Crippen LogP contribution >= 0.6 is 0 Å². The van der Waals surface area contributed by atoms with Crippen LogP contribution in [0.25, 0.3) is 0 Å². The molecule has 6 nitrogen and oxygen atoms in total. The number of hydrazine groups is 1. The van der Waals surface area contributed by atoms with Gasteiger partial charge in [-0.2, -0.15) is 5.10 Å². The summed E-state index contributed by atoms with van der Waals surface area (Å²) in [5.41, 5.74) is 4.09. The van der Waals surface area contributed by atoms with Gasteiger partial charge in [0.25, 0.3) is 5.91 Å². The van der Waals surface area contributed by atoms with E-state index in [1.807, 2.05) is 13.1 Å². The maximum Gasteiger partial charge on any atom is 0.253 e. The molecule has 2 rings (SSSR count). The van der Waals surface area contributed by atoms with Crippen LogP contribution in [-0.2, 0) is 13.6 Å². The Morgan fingerprint density at radius 1 is 1.50 bits per heavy atom. The molecule has 1 aromatic carbocycles. The van der Waals surface area contributed by atoms with Crippen molar-refractivity contribution in [2.45, 2.75) is 13.5 Å². The van der Waals surface area contributed by atoms with Gasteiger partial charge in [-0.1, -0.05) is 6.07 Å². The highest BCUT2D eigenvalue weighted by molar-refractivity contribution is 5.99. The molecule has 0 spiro atoms. The smallest absolute Gasteiger partial charge is 0.253 e. The summed E-state index contributed by atoms with van der Waals surface area (Å²) in [5, 5.41) is 6.90. The Kier molecular flexibility index (Phi) is 3.99. The normalized spacial score (nSPS) is 10.4. The van der Waals surface area contributed by atoms with Gasteiger partial charge in [-0.05, 0) is 19.1 Å². The highest BCUT2D eigenvalue weighted by Crippen LogP contribution is 2.18. The van der Waals surface area contributed by atoms with Crippen LogP contribution in [0.5, 0.6) is 0 Å². The van der Waals surface area contributed by atoms with Crippen molar-refractivity contribution in [3.05, 3.63) is 47.0 Å². The first kappa shape index (κ1) is 14.0. The van der Waals surface area contributed by atoms with Crippen LogP contribution in [0, 0.1) is 12.7 Å². The Morgan fingerprint density at radius 3 is 2.85 bits per heavy atom. The highest BCUT2D eigenvalue weighted by Gasteiger charge is 2.14. The molecule has 106 valence electrons. The third-order valence-corrected chi connectivity index (χ3v) is 2.96. The van der Waals surface area contributed by atoms with Crippen molar-refractivity contribution in [3.8, 4) is 0 Å². The van der Waals surface area contributed by atoms with E-state index in [1.165, 1.54) is 18.2 Å². The number of nitrogens with one attached hydrogen (secondary N) is 2. The number of aromatic nitrogens is 2. The van der Waals surface area contributed by atoms with Crippen LogP contribution in [0.2, 0.25) is 0 Å². The molecule has 4 N–H and O–H groups in total. The number of nitrogens with zero attached hydrogens (tertiary/aromatic N) is 2. The molecule has 1 amide bonds. The van der Waals surface area contributed by atoms with E-state index in [4.69, 9.17) is 5.84 Å². The van der Waals surface area contributed by atoms with Crippen molar-refractivity contribution >= 4 is 11.6 Å². The second-order valence-electron chi connectivity index (χ2n) is 4.40. The molecule has 2 aromatic rings. The van der Waals surface area contributed by atoms with Gasteiger partial charge >= 0.3 is 0 Å². The number of hydrogen-bond acceptors (Lipinski definition) is 4. The number of anilines is 1. The van der Waals surface area contributed by atoms with Crippen LogP contribution in [0.4, 0.5) is 10.1 Å². The average Bonchev–Trinajstić information content (AvgIpc) is 2.74. The summed E-state index contributed by atoms with van der Waals surface area (Å²) in [6.45, 7) is 2.18. The van der Waals surface area contributed by atoms with Crippen molar-refractivity contribution in [1.82, 2.24) is 15.1 Å². The molecule has 0 fully saturated rings. The molecule has 0 bridgehead atoms. The zero-order valence-electron chi connectivity index (χ0n) is 11.3. The number of carbonyl (C=O) groups excluding carboxylic acids is 1. The Bertz CT molecular complexity index is 638. The van der Waals surface area contributed by atoms with E-state index in [9.17, 15) is 9.18 Å². The Morgan fingerprint density at radius 2 is 2.25 bits per heavy atom. The summed E-state index contributed by atoms with van der Waals surface area (Å²) in [7, 11) is 1.81. The maximum absolute atomic E-state index is 13.5. The molecule has 0 saturated heterocycles. The number of amides is 1. The molecule has 0 aliphatic rings. The molecule has 0 atom stereocenters. The lowest BCUT2D eigenvalue weighted by atomic mass is 10.1. The van der Waals surface area contributed by atoms with Crippen molar-refractivity contribution in [2.75, 3.05) is 5.43 Å². The van der Waals surface area contributed by atoms with Crippen LogP contribution in [0.1, 0.15) is 21.6 Å². The number of para-hydroxylation sites is 1. The molecular formula is C13H16FN5O. The van der Waals surface area contributed by atoms with Gasteiger partial charge in [0, 0.05) is 25.4 Å². The number of benzene rings is 1. The minimum absolute atomic E-state index is 0.0205. The van der Waals surface area contributed by atoms with Gasteiger partial charge in [0.2, 0.25) is 0 Å². The predicted molar refractivity (Wildman–Crippen MR) is 73.3 cm³/mol. The lowest BCUT2D eigenvalue weighted by Gasteiger charge is -2.10. The molecule has 0 unspecified atom stereocenters. The molecule has 1 heterocycles. The van der Waals surface area contributed by atoms with Gasteiger partial charge in [-0.3, -0.25) is 15.3 Å². The van der Waals surface area contributed by atoms with Crippen molar-refractivity contribution < 1.29 is 9.18 Å². The monoisotopic (exact) mass is 277 g/mol. The SMILES string of the molecule is Cc1nn(C)cc1CNC(=O)c1cccc(F)c1NN. The van der Waals surface area contributed by atoms with Gasteiger partial charge in [0.15, 0.2) is 0 Å². The molecule has 1 aromatic heterocycles. The number of nitrogen functional groups attached to an aromatic ring is 1. The number of carbonyl (C=O) groups is 1. The van der Waals surface area contributed by atoms with E-state index >= 15 is 0 Å². The minimum Gasteiger partial charge on any atom is -0.348 e. The highest BCUT2D eigenvalue weighted by atomic mass is 19.1. The number of aryl methyl sites for hydroxylation is 2. The molecule has 20 heavy (non-hydrogen) atoms. The fourth-order valence-corrected chi connectivity index (χ4v) is 1.95. The van der Waals surface area contributed by atoms with Crippen molar-refractivity contribution in [1.29, 1.82) is 0 Å². The van der Waals surface area contributed by atoms with E-state index in [-0.39, 0.29) is 11.3 Å². The fourth-order valence-electron chi connectivity index (χ4n) is 1.95. The first-order valence-electron chi connectivity index (χ1n) is 6.05. The van der Waals surface area contributed by atoms with Gasteiger partial charge in [0.1, 0.15) is 5.82 Å². The molecule has 7 heteroatoms. The van der Waals surface area contributed by atoms with Crippen LogP contribution < -0.4 is 16.6 Å². The van der Waals surface area contributed by atoms with Crippen LogP contribution in [0.3, 0.4) is 0 Å². The molecule has 0 saturated carbocycles. The number of rotatable bonds is 4. The Hall–Kier alpha value is -2.41. The molecule has 0 radical (unpaired) electrons. The first-order chi connectivity index (χ1) is 9.52. The minimum atomic E-state index is -0.572. The number of halogens is 1. The van der Waals surface area contributed by atoms with Gasteiger partial charge in [-0.15, -0.1) is 0 Å². The second-order valence-corrected chi connectivity index (χ2v) is 4.40.